The number of fused-ring (bicyclic) bond motifs is 8. The number of aromatic nitrogens is 3. The standard InChI is InChI=1S/C35H22N6/c36-22-33-37-23-38-34(39-33)41-31-20-10-6-16-27(31)35(28-17-7-11-21-32(28)41)25-14-4-8-18-29(25)40(24-12-2-1-3-13-24)30-19-9-5-15-26(30)35/h1-21,23H. The highest BCUT2D eigenvalue weighted by atomic mass is 15.3. The average molecular weight is 527 g/mol. The van der Waals surface area contributed by atoms with E-state index in [1.165, 1.54) is 17.5 Å². The van der Waals surface area contributed by atoms with E-state index in [-0.39, 0.29) is 5.82 Å². The van der Waals surface area contributed by atoms with Crippen LogP contribution >= 0.6 is 0 Å². The molecule has 0 radical (unpaired) electrons. The third kappa shape index (κ3) is 3.14. The smallest absolute Gasteiger partial charge is 0.238 e. The van der Waals surface area contributed by atoms with Gasteiger partial charge in [0.25, 0.3) is 0 Å². The Labute approximate surface area is 237 Å². The van der Waals surface area contributed by atoms with Crippen LogP contribution in [-0.2, 0) is 5.41 Å². The maximum absolute atomic E-state index is 9.56. The van der Waals surface area contributed by atoms with Crippen molar-refractivity contribution in [1.82, 2.24) is 15.0 Å². The van der Waals surface area contributed by atoms with Crippen molar-refractivity contribution in [2.45, 2.75) is 5.41 Å². The van der Waals surface area contributed by atoms with E-state index in [1.54, 1.807) is 0 Å². The summed E-state index contributed by atoms with van der Waals surface area (Å²) in [6, 6.07) is 46.9. The van der Waals surface area contributed by atoms with Crippen molar-refractivity contribution in [3.8, 4) is 6.07 Å². The van der Waals surface area contributed by atoms with Gasteiger partial charge >= 0.3 is 0 Å². The van der Waals surface area contributed by atoms with Gasteiger partial charge in [-0.2, -0.15) is 10.2 Å². The predicted molar refractivity (Wildman–Crippen MR) is 159 cm³/mol. The number of hydrogen-bond acceptors (Lipinski definition) is 6. The Hall–Kier alpha value is -5.80. The Bertz CT molecular complexity index is 1900. The lowest BCUT2D eigenvalue weighted by atomic mass is 9.60. The number of anilines is 6. The van der Waals surface area contributed by atoms with Crippen LogP contribution in [0.25, 0.3) is 0 Å². The van der Waals surface area contributed by atoms with Gasteiger partial charge in [-0.15, -0.1) is 0 Å². The van der Waals surface area contributed by atoms with Crippen molar-refractivity contribution >= 4 is 34.4 Å². The van der Waals surface area contributed by atoms with Crippen LogP contribution in [0.5, 0.6) is 0 Å². The molecule has 0 fully saturated rings. The maximum atomic E-state index is 9.56. The van der Waals surface area contributed by atoms with E-state index in [4.69, 9.17) is 0 Å². The minimum absolute atomic E-state index is 0.0807. The Balaban J connectivity index is 1.51. The topological polar surface area (TPSA) is 68.9 Å². The van der Waals surface area contributed by atoms with Gasteiger partial charge in [-0.1, -0.05) is 91.0 Å². The number of nitriles is 1. The first-order valence-corrected chi connectivity index (χ1v) is 13.4. The Morgan fingerprint density at radius 1 is 0.512 bits per heavy atom. The molecule has 2 aliphatic rings. The molecule has 0 saturated heterocycles. The SMILES string of the molecule is N#Cc1ncnc(N2c3ccccc3C3(c4ccccc4N(c4ccccc4)c4ccccc43)c3ccccc32)n1. The number of rotatable bonds is 2. The maximum Gasteiger partial charge on any atom is 0.238 e. The van der Waals surface area contributed by atoms with E-state index in [9.17, 15) is 5.26 Å². The number of hydrogen-bond donors (Lipinski definition) is 0. The molecule has 1 spiro atoms. The fourth-order valence-electron chi connectivity index (χ4n) is 6.59. The summed E-state index contributed by atoms with van der Waals surface area (Å²) in [6.07, 6.45) is 1.40. The summed E-state index contributed by atoms with van der Waals surface area (Å²) in [4.78, 5) is 17.5. The second-order valence-corrected chi connectivity index (χ2v) is 10.0. The van der Waals surface area contributed by atoms with Crippen molar-refractivity contribution in [2.75, 3.05) is 9.80 Å². The van der Waals surface area contributed by atoms with E-state index in [0.29, 0.717) is 5.95 Å². The highest BCUT2D eigenvalue weighted by molar-refractivity contribution is 5.95. The van der Waals surface area contributed by atoms with Crippen molar-refractivity contribution in [3.05, 3.63) is 162 Å². The zero-order chi connectivity index (χ0) is 27.4. The molecule has 0 aliphatic carbocycles. The zero-order valence-electron chi connectivity index (χ0n) is 21.9. The van der Waals surface area contributed by atoms with Crippen LogP contribution in [0.15, 0.2) is 134 Å². The van der Waals surface area contributed by atoms with Gasteiger partial charge in [0.2, 0.25) is 11.8 Å². The lowest BCUT2D eigenvalue weighted by molar-refractivity contribution is 0.716. The van der Waals surface area contributed by atoms with Gasteiger partial charge < -0.3 is 4.90 Å². The molecule has 0 N–H and O–H groups in total. The lowest BCUT2D eigenvalue weighted by Gasteiger charge is -2.50. The van der Waals surface area contributed by atoms with Crippen LogP contribution in [0.1, 0.15) is 28.1 Å². The van der Waals surface area contributed by atoms with Crippen LogP contribution in [0.3, 0.4) is 0 Å². The van der Waals surface area contributed by atoms with Crippen molar-refractivity contribution in [3.63, 3.8) is 0 Å². The van der Waals surface area contributed by atoms with E-state index < -0.39 is 5.41 Å². The van der Waals surface area contributed by atoms with Crippen LogP contribution < -0.4 is 9.80 Å². The first kappa shape index (κ1) is 23.1. The molecule has 192 valence electrons. The molecule has 0 unspecified atom stereocenters. The quantitative estimate of drug-likeness (QED) is 0.230. The minimum atomic E-state index is -0.618. The first-order chi connectivity index (χ1) is 20.3. The van der Waals surface area contributed by atoms with Gasteiger partial charge in [0.05, 0.1) is 28.2 Å². The molecule has 0 bridgehead atoms. The summed E-state index contributed by atoms with van der Waals surface area (Å²) in [6.45, 7) is 0. The van der Waals surface area contributed by atoms with Gasteiger partial charge in [0.1, 0.15) is 12.4 Å². The van der Waals surface area contributed by atoms with Gasteiger partial charge in [-0.25, -0.2) is 9.97 Å². The van der Waals surface area contributed by atoms with Gasteiger partial charge in [0, 0.05) is 5.69 Å². The molecule has 0 atom stereocenters. The van der Waals surface area contributed by atoms with E-state index in [0.717, 1.165) is 39.6 Å². The lowest BCUT2D eigenvalue weighted by Crippen LogP contribution is -2.42. The van der Waals surface area contributed by atoms with Crippen molar-refractivity contribution < 1.29 is 0 Å². The van der Waals surface area contributed by atoms with Crippen LogP contribution in [0.4, 0.5) is 34.4 Å². The predicted octanol–water partition coefficient (Wildman–Crippen LogP) is 7.69. The Morgan fingerprint density at radius 2 is 0.951 bits per heavy atom. The molecule has 0 saturated carbocycles. The number of nitrogens with zero attached hydrogens (tertiary/aromatic N) is 6. The summed E-state index contributed by atoms with van der Waals surface area (Å²) in [5, 5.41) is 9.56. The molecule has 6 aromatic rings. The Morgan fingerprint density at radius 3 is 1.44 bits per heavy atom. The molecule has 41 heavy (non-hydrogen) atoms. The van der Waals surface area contributed by atoms with Crippen LogP contribution in [0.2, 0.25) is 0 Å². The van der Waals surface area contributed by atoms with Crippen molar-refractivity contribution in [1.29, 1.82) is 5.26 Å². The molecule has 8 rings (SSSR count). The summed E-state index contributed by atoms with van der Waals surface area (Å²) >= 11 is 0. The van der Waals surface area contributed by atoms with E-state index in [2.05, 4.69) is 135 Å². The highest BCUT2D eigenvalue weighted by Gasteiger charge is 2.51. The largest absolute Gasteiger partial charge is 0.310 e. The normalized spacial score (nSPS) is 13.9. The summed E-state index contributed by atoms with van der Waals surface area (Å²) < 4.78 is 0. The van der Waals surface area contributed by atoms with E-state index in [1.807, 2.05) is 23.1 Å². The first-order valence-electron chi connectivity index (χ1n) is 13.4. The molecule has 3 heterocycles. The number of benzene rings is 5. The van der Waals surface area contributed by atoms with Gasteiger partial charge in [0.15, 0.2) is 0 Å². The summed E-state index contributed by atoms with van der Waals surface area (Å²) in [5.74, 6) is 0.492. The number of para-hydroxylation sites is 5. The molecule has 2 aliphatic heterocycles. The molecular weight excluding hydrogens is 504 g/mol. The summed E-state index contributed by atoms with van der Waals surface area (Å²) in [7, 11) is 0. The van der Waals surface area contributed by atoms with Gasteiger partial charge in [-0.3, -0.25) is 4.90 Å². The molecule has 5 aromatic carbocycles. The molecule has 1 aromatic heterocycles. The van der Waals surface area contributed by atoms with Crippen LogP contribution in [-0.4, -0.2) is 15.0 Å². The minimum Gasteiger partial charge on any atom is -0.310 e. The molecular formula is C35H22N6. The summed E-state index contributed by atoms with van der Waals surface area (Å²) in [5.41, 5.74) is 9.27. The van der Waals surface area contributed by atoms with E-state index >= 15 is 0 Å². The molecule has 0 amide bonds. The van der Waals surface area contributed by atoms with Crippen LogP contribution in [0, 0.1) is 11.3 Å². The molecule has 6 nitrogen and oxygen atoms in total. The van der Waals surface area contributed by atoms with Gasteiger partial charge in [-0.05, 0) is 58.7 Å². The fraction of sp³-hybridized carbons (Fsp3) is 0.0286. The monoisotopic (exact) mass is 526 g/mol. The molecule has 6 heteroatoms. The fourth-order valence-corrected chi connectivity index (χ4v) is 6.59. The highest BCUT2D eigenvalue weighted by Crippen LogP contribution is 2.63. The zero-order valence-corrected chi connectivity index (χ0v) is 21.9. The third-order valence-corrected chi connectivity index (χ3v) is 8.07. The third-order valence-electron chi connectivity index (χ3n) is 8.07. The Kier molecular flexibility index (Phi) is 5.00. The second-order valence-electron chi connectivity index (χ2n) is 10.0. The van der Waals surface area contributed by atoms with Crippen molar-refractivity contribution in [2.24, 2.45) is 0 Å². The second kappa shape index (κ2) is 8.87. The average Bonchev–Trinajstić information content (AvgIpc) is 3.05.